The van der Waals surface area contributed by atoms with E-state index in [0.717, 1.165) is 36.6 Å². The van der Waals surface area contributed by atoms with Crippen molar-refractivity contribution in [2.24, 2.45) is 0 Å². The van der Waals surface area contributed by atoms with E-state index >= 15 is 0 Å². The largest absolute Gasteiger partial charge is 0.459 e. The molecule has 112 valence electrons. The molecule has 1 saturated heterocycles. The van der Waals surface area contributed by atoms with Crippen molar-refractivity contribution in [2.45, 2.75) is 39.7 Å². The number of rotatable bonds is 2. The highest BCUT2D eigenvalue weighted by Crippen LogP contribution is 2.24. The fraction of sp³-hybridized carbons (Fsp3) is 0.533. The van der Waals surface area contributed by atoms with Crippen molar-refractivity contribution < 1.29 is 9.21 Å². The van der Waals surface area contributed by atoms with Gasteiger partial charge in [-0.2, -0.15) is 5.10 Å². The molecule has 3 rings (SSSR count). The summed E-state index contributed by atoms with van der Waals surface area (Å²) in [5.41, 5.74) is 0.884. The lowest BCUT2D eigenvalue weighted by Gasteiger charge is -2.32. The van der Waals surface area contributed by atoms with Crippen molar-refractivity contribution in [1.29, 1.82) is 0 Å². The van der Waals surface area contributed by atoms with Crippen molar-refractivity contribution in [3.63, 3.8) is 0 Å². The second-order valence-corrected chi connectivity index (χ2v) is 5.63. The maximum absolute atomic E-state index is 12.5. The second kappa shape index (κ2) is 5.35. The Hall–Kier alpha value is -2.11. The van der Waals surface area contributed by atoms with Crippen LogP contribution in [0.25, 0.3) is 0 Å². The standard InChI is InChI=1S/C15H20N4O2/c1-10-6-8-21-14(10)15(20)18-7-4-5-13(9-18)19-12(3)16-11(2)17-19/h6,8,13H,4-5,7,9H2,1-3H3/t13-/m0/s1. The number of carbonyl (C=O) groups excluding carboxylic acids is 1. The van der Waals surface area contributed by atoms with Gasteiger partial charge in [-0.1, -0.05) is 0 Å². The number of likely N-dealkylation sites (tertiary alicyclic amines) is 1. The quantitative estimate of drug-likeness (QED) is 0.850. The minimum Gasteiger partial charge on any atom is -0.459 e. The Morgan fingerprint density at radius 2 is 2.19 bits per heavy atom. The van der Waals surface area contributed by atoms with Crippen LogP contribution >= 0.6 is 0 Å². The zero-order valence-electron chi connectivity index (χ0n) is 12.7. The fourth-order valence-electron chi connectivity index (χ4n) is 2.96. The smallest absolute Gasteiger partial charge is 0.289 e. The highest BCUT2D eigenvalue weighted by Gasteiger charge is 2.29. The van der Waals surface area contributed by atoms with Crippen molar-refractivity contribution in [1.82, 2.24) is 19.7 Å². The van der Waals surface area contributed by atoms with Gasteiger partial charge < -0.3 is 9.32 Å². The predicted octanol–water partition coefficient (Wildman–Crippen LogP) is 2.27. The van der Waals surface area contributed by atoms with E-state index in [2.05, 4.69) is 10.1 Å². The first-order chi connectivity index (χ1) is 10.1. The first-order valence-electron chi connectivity index (χ1n) is 7.29. The molecule has 3 heterocycles. The third-order valence-corrected chi connectivity index (χ3v) is 3.99. The molecule has 1 fully saturated rings. The highest BCUT2D eigenvalue weighted by atomic mass is 16.3. The zero-order valence-corrected chi connectivity index (χ0v) is 12.7. The molecule has 2 aromatic rings. The summed E-state index contributed by atoms with van der Waals surface area (Å²) in [6.45, 7) is 7.16. The van der Waals surface area contributed by atoms with Crippen LogP contribution in [0.1, 0.15) is 46.7 Å². The van der Waals surface area contributed by atoms with Crippen LogP contribution in [-0.4, -0.2) is 38.7 Å². The molecule has 0 N–H and O–H groups in total. The molecule has 0 bridgehead atoms. The summed E-state index contributed by atoms with van der Waals surface area (Å²) in [7, 11) is 0. The Morgan fingerprint density at radius 3 is 2.81 bits per heavy atom. The Balaban J connectivity index is 1.79. The van der Waals surface area contributed by atoms with Gasteiger partial charge in [0.25, 0.3) is 5.91 Å². The van der Waals surface area contributed by atoms with E-state index in [-0.39, 0.29) is 11.9 Å². The van der Waals surface area contributed by atoms with Gasteiger partial charge in [-0.25, -0.2) is 9.67 Å². The van der Waals surface area contributed by atoms with Crippen molar-refractivity contribution in [3.8, 4) is 0 Å². The number of hydrogen-bond acceptors (Lipinski definition) is 4. The van der Waals surface area contributed by atoms with E-state index < -0.39 is 0 Å². The molecule has 6 heteroatoms. The van der Waals surface area contributed by atoms with Gasteiger partial charge in [-0.05, 0) is 39.7 Å². The molecule has 0 saturated carbocycles. The zero-order chi connectivity index (χ0) is 15.0. The van der Waals surface area contributed by atoms with E-state index in [1.54, 1.807) is 6.26 Å². The minimum absolute atomic E-state index is 0.0308. The summed E-state index contributed by atoms with van der Waals surface area (Å²) in [6, 6.07) is 2.01. The molecule has 1 aliphatic rings. The van der Waals surface area contributed by atoms with E-state index in [1.165, 1.54) is 0 Å². The number of piperidine rings is 1. The molecule has 0 radical (unpaired) electrons. The summed E-state index contributed by atoms with van der Waals surface area (Å²) in [4.78, 5) is 18.7. The molecule has 1 aliphatic heterocycles. The van der Waals surface area contributed by atoms with Crippen LogP contribution in [0.4, 0.5) is 0 Å². The number of amides is 1. The molecule has 0 aliphatic carbocycles. The normalized spacial score (nSPS) is 19.0. The molecule has 6 nitrogen and oxygen atoms in total. The molecular weight excluding hydrogens is 268 g/mol. The molecule has 1 amide bonds. The van der Waals surface area contributed by atoms with Gasteiger partial charge in [0, 0.05) is 18.7 Å². The SMILES string of the molecule is Cc1nc(C)n([C@H]2CCCN(C(=O)c3occc3C)C2)n1. The van der Waals surface area contributed by atoms with Gasteiger partial charge in [0.15, 0.2) is 5.76 Å². The topological polar surface area (TPSA) is 64.2 Å². The van der Waals surface area contributed by atoms with Crippen LogP contribution in [0.2, 0.25) is 0 Å². The third-order valence-electron chi connectivity index (χ3n) is 3.99. The third kappa shape index (κ3) is 2.57. The molecule has 0 aromatic carbocycles. The second-order valence-electron chi connectivity index (χ2n) is 5.63. The monoisotopic (exact) mass is 288 g/mol. The van der Waals surface area contributed by atoms with E-state index in [0.29, 0.717) is 12.3 Å². The van der Waals surface area contributed by atoms with Gasteiger partial charge in [-0.3, -0.25) is 4.79 Å². The maximum Gasteiger partial charge on any atom is 0.289 e. The van der Waals surface area contributed by atoms with Crippen LogP contribution in [-0.2, 0) is 0 Å². The predicted molar refractivity (Wildman–Crippen MR) is 77.1 cm³/mol. The Labute approximate surface area is 123 Å². The first-order valence-corrected chi connectivity index (χ1v) is 7.29. The number of hydrogen-bond donors (Lipinski definition) is 0. The lowest BCUT2D eigenvalue weighted by atomic mass is 10.1. The lowest BCUT2D eigenvalue weighted by Crippen LogP contribution is -2.41. The van der Waals surface area contributed by atoms with Crippen LogP contribution in [0.3, 0.4) is 0 Å². The number of nitrogens with zero attached hydrogens (tertiary/aromatic N) is 4. The lowest BCUT2D eigenvalue weighted by molar-refractivity contribution is 0.0638. The maximum atomic E-state index is 12.5. The number of aryl methyl sites for hydroxylation is 3. The Morgan fingerprint density at radius 1 is 1.38 bits per heavy atom. The van der Waals surface area contributed by atoms with E-state index in [4.69, 9.17) is 4.42 Å². The van der Waals surface area contributed by atoms with Crippen molar-refractivity contribution in [3.05, 3.63) is 35.3 Å². The summed E-state index contributed by atoms with van der Waals surface area (Å²) in [5, 5.41) is 4.45. The molecule has 21 heavy (non-hydrogen) atoms. The van der Waals surface area contributed by atoms with Crippen LogP contribution in [0, 0.1) is 20.8 Å². The summed E-state index contributed by atoms with van der Waals surface area (Å²) >= 11 is 0. The number of aromatic nitrogens is 3. The van der Waals surface area contributed by atoms with E-state index in [1.807, 2.05) is 36.4 Å². The summed E-state index contributed by atoms with van der Waals surface area (Å²) in [5.74, 6) is 2.10. The van der Waals surface area contributed by atoms with Gasteiger partial charge in [-0.15, -0.1) is 0 Å². The average molecular weight is 288 g/mol. The van der Waals surface area contributed by atoms with Crippen molar-refractivity contribution in [2.75, 3.05) is 13.1 Å². The molecule has 0 unspecified atom stereocenters. The van der Waals surface area contributed by atoms with Crippen LogP contribution < -0.4 is 0 Å². The fourth-order valence-corrected chi connectivity index (χ4v) is 2.96. The Kier molecular flexibility index (Phi) is 3.53. The average Bonchev–Trinajstić information content (AvgIpc) is 3.03. The van der Waals surface area contributed by atoms with Crippen LogP contribution in [0.15, 0.2) is 16.7 Å². The van der Waals surface area contributed by atoms with E-state index in [9.17, 15) is 4.79 Å². The molecule has 0 spiro atoms. The summed E-state index contributed by atoms with van der Waals surface area (Å²) in [6.07, 6.45) is 3.55. The van der Waals surface area contributed by atoms with Gasteiger partial charge in [0.05, 0.1) is 12.3 Å². The van der Waals surface area contributed by atoms with Gasteiger partial charge in [0.2, 0.25) is 0 Å². The summed E-state index contributed by atoms with van der Waals surface area (Å²) < 4.78 is 7.27. The minimum atomic E-state index is -0.0308. The molecule has 1 atom stereocenters. The molecule has 2 aromatic heterocycles. The number of furan rings is 1. The molecular formula is C15H20N4O2. The first kappa shape index (κ1) is 13.9. The van der Waals surface area contributed by atoms with Crippen molar-refractivity contribution >= 4 is 5.91 Å². The highest BCUT2D eigenvalue weighted by molar-refractivity contribution is 5.92. The van der Waals surface area contributed by atoms with Gasteiger partial charge in [0.1, 0.15) is 11.6 Å². The number of carbonyl (C=O) groups is 1. The van der Waals surface area contributed by atoms with Gasteiger partial charge >= 0.3 is 0 Å². The van der Waals surface area contributed by atoms with Crippen LogP contribution in [0.5, 0.6) is 0 Å². The Bertz CT molecular complexity index is 658.